The van der Waals surface area contributed by atoms with Gasteiger partial charge in [0, 0.05) is 5.57 Å². The topological polar surface area (TPSA) is 63.6 Å². The molecule has 0 aliphatic heterocycles. The summed E-state index contributed by atoms with van der Waals surface area (Å²) in [6.45, 7) is 7.14. The minimum Gasteiger partial charge on any atom is -0.478 e. The van der Waals surface area contributed by atoms with Crippen LogP contribution in [0.15, 0.2) is 22.8 Å². The highest BCUT2D eigenvalue weighted by atomic mass is 16.6. The number of allylic oxidation sites excluding steroid dienone is 2. The van der Waals surface area contributed by atoms with Gasteiger partial charge in [0.05, 0.1) is 6.42 Å². The zero-order chi connectivity index (χ0) is 13.2. The van der Waals surface area contributed by atoms with Gasteiger partial charge in [-0.1, -0.05) is 6.08 Å². The molecule has 1 N–H and O–H groups in total. The Hall–Kier alpha value is -1.58. The molecular formula is C13H18O4. The third-order valence-electron chi connectivity index (χ3n) is 2.50. The first-order chi connectivity index (χ1) is 7.70. The summed E-state index contributed by atoms with van der Waals surface area (Å²) in [5.41, 5.74) is 1.30. The van der Waals surface area contributed by atoms with Crippen LogP contribution in [0.2, 0.25) is 0 Å². The summed E-state index contributed by atoms with van der Waals surface area (Å²) in [5, 5.41) is 8.91. The lowest BCUT2D eigenvalue weighted by Crippen LogP contribution is -2.24. The molecule has 0 atom stereocenters. The Morgan fingerprint density at radius 1 is 1.41 bits per heavy atom. The summed E-state index contributed by atoms with van der Waals surface area (Å²) < 4.78 is 5.19. The van der Waals surface area contributed by atoms with E-state index in [1.54, 1.807) is 33.8 Å². The number of hydrogen-bond acceptors (Lipinski definition) is 3. The molecule has 0 heterocycles. The summed E-state index contributed by atoms with van der Waals surface area (Å²) in [7, 11) is 0. The molecule has 0 unspecified atom stereocenters. The Bertz CT molecular complexity index is 408. The Labute approximate surface area is 101 Å². The van der Waals surface area contributed by atoms with Crippen LogP contribution in [0.25, 0.3) is 0 Å². The van der Waals surface area contributed by atoms with E-state index in [1.807, 2.05) is 0 Å². The van der Waals surface area contributed by atoms with Gasteiger partial charge in [-0.2, -0.15) is 0 Å². The van der Waals surface area contributed by atoms with Crippen LogP contribution in [0.5, 0.6) is 0 Å². The molecule has 4 heteroatoms. The number of rotatable bonds is 3. The van der Waals surface area contributed by atoms with Gasteiger partial charge in [0.15, 0.2) is 0 Å². The number of esters is 1. The van der Waals surface area contributed by atoms with Crippen LogP contribution >= 0.6 is 0 Å². The highest BCUT2D eigenvalue weighted by Crippen LogP contribution is 2.29. The maximum absolute atomic E-state index is 11.6. The minimum absolute atomic E-state index is 0.139. The van der Waals surface area contributed by atoms with Crippen molar-refractivity contribution in [3.8, 4) is 0 Å². The summed E-state index contributed by atoms with van der Waals surface area (Å²) in [6.07, 6.45) is 2.31. The van der Waals surface area contributed by atoms with E-state index in [2.05, 4.69) is 0 Å². The van der Waals surface area contributed by atoms with Crippen LogP contribution in [0.3, 0.4) is 0 Å². The standard InChI is InChI=1S/C13H18O4/c1-8-9(5-6-10(8)12(15)16)7-11(14)17-13(2,3)4/h5H,6-7H2,1-4H3,(H,15,16). The fraction of sp³-hybridized carbons (Fsp3) is 0.538. The van der Waals surface area contributed by atoms with Gasteiger partial charge in [0.2, 0.25) is 0 Å². The largest absolute Gasteiger partial charge is 0.478 e. The number of carbonyl (C=O) groups is 2. The van der Waals surface area contributed by atoms with Crippen molar-refractivity contribution in [3.05, 3.63) is 22.8 Å². The monoisotopic (exact) mass is 238 g/mol. The first kappa shape index (κ1) is 13.5. The SMILES string of the molecule is CC1=C(C(=O)O)CC=C1CC(=O)OC(C)(C)C. The smallest absolute Gasteiger partial charge is 0.332 e. The van der Waals surface area contributed by atoms with Crippen molar-refractivity contribution in [1.29, 1.82) is 0 Å². The van der Waals surface area contributed by atoms with Crippen LogP contribution in [-0.2, 0) is 14.3 Å². The number of hydrogen-bond donors (Lipinski definition) is 1. The molecule has 0 saturated heterocycles. The van der Waals surface area contributed by atoms with Crippen molar-refractivity contribution in [3.63, 3.8) is 0 Å². The molecule has 0 aromatic heterocycles. The maximum Gasteiger partial charge on any atom is 0.332 e. The van der Waals surface area contributed by atoms with Gasteiger partial charge in [-0.15, -0.1) is 0 Å². The van der Waals surface area contributed by atoms with E-state index in [1.165, 1.54) is 0 Å². The van der Waals surface area contributed by atoms with Gasteiger partial charge in [0.1, 0.15) is 5.60 Å². The molecule has 1 aliphatic rings. The molecule has 0 saturated carbocycles. The van der Waals surface area contributed by atoms with E-state index in [0.29, 0.717) is 17.6 Å². The van der Waals surface area contributed by atoms with Crippen LogP contribution in [-0.4, -0.2) is 22.6 Å². The molecular weight excluding hydrogens is 220 g/mol. The van der Waals surface area contributed by atoms with Crippen molar-refractivity contribution < 1.29 is 19.4 Å². The van der Waals surface area contributed by atoms with Crippen molar-refractivity contribution in [1.82, 2.24) is 0 Å². The van der Waals surface area contributed by atoms with E-state index in [4.69, 9.17) is 9.84 Å². The average Bonchev–Trinajstić information content (AvgIpc) is 2.44. The zero-order valence-electron chi connectivity index (χ0n) is 10.7. The van der Waals surface area contributed by atoms with Crippen molar-refractivity contribution in [2.45, 2.75) is 46.1 Å². The molecule has 0 bridgehead atoms. The summed E-state index contributed by atoms with van der Waals surface area (Å²) in [6, 6.07) is 0. The van der Waals surface area contributed by atoms with E-state index >= 15 is 0 Å². The Balaban J connectivity index is 2.67. The van der Waals surface area contributed by atoms with Gasteiger partial charge in [-0.25, -0.2) is 4.79 Å². The zero-order valence-corrected chi connectivity index (χ0v) is 10.7. The van der Waals surface area contributed by atoms with E-state index < -0.39 is 11.6 Å². The lowest BCUT2D eigenvalue weighted by molar-refractivity contribution is -0.153. The second-order valence-corrected chi connectivity index (χ2v) is 5.11. The second-order valence-electron chi connectivity index (χ2n) is 5.11. The fourth-order valence-corrected chi connectivity index (χ4v) is 1.71. The number of carbonyl (C=O) groups excluding carboxylic acids is 1. The highest BCUT2D eigenvalue weighted by molar-refractivity contribution is 5.90. The molecule has 1 aliphatic carbocycles. The maximum atomic E-state index is 11.6. The van der Waals surface area contributed by atoms with Crippen LogP contribution in [0, 0.1) is 0 Å². The average molecular weight is 238 g/mol. The molecule has 4 nitrogen and oxygen atoms in total. The normalized spacial score (nSPS) is 15.9. The van der Waals surface area contributed by atoms with Gasteiger partial charge in [-0.05, 0) is 45.3 Å². The number of carboxylic acids is 1. The third-order valence-corrected chi connectivity index (χ3v) is 2.50. The predicted octanol–water partition coefficient (Wildman–Crippen LogP) is 2.45. The van der Waals surface area contributed by atoms with E-state index in [0.717, 1.165) is 5.57 Å². The first-order valence-electron chi connectivity index (χ1n) is 5.55. The highest BCUT2D eigenvalue weighted by Gasteiger charge is 2.23. The quantitative estimate of drug-likeness (QED) is 0.767. The summed E-state index contributed by atoms with van der Waals surface area (Å²) in [5.74, 6) is -1.24. The Morgan fingerprint density at radius 3 is 2.41 bits per heavy atom. The Morgan fingerprint density at radius 2 is 2.00 bits per heavy atom. The Kier molecular flexibility index (Phi) is 3.76. The van der Waals surface area contributed by atoms with E-state index in [9.17, 15) is 9.59 Å². The minimum atomic E-state index is -0.919. The molecule has 94 valence electrons. The summed E-state index contributed by atoms with van der Waals surface area (Å²) >= 11 is 0. The second kappa shape index (κ2) is 4.73. The molecule has 0 spiro atoms. The summed E-state index contributed by atoms with van der Waals surface area (Å²) in [4.78, 5) is 22.5. The molecule has 0 aromatic rings. The van der Waals surface area contributed by atoms with Crippen molar-refractivity contribution >= 4 is 11.9 Å². The third kappa shape index (κ3) is 3.73. The molecule has 0 radical (unpaired) electrons. The molecule has 0 fully saturated rings. The van der Waals surface area contributed by atoms with E-state index in [-0.39, 0.29) is 12.4 Å². The molecule has 0 aromatic carbocycles. The lowest BCUT2D eigenvalue weighted by atomic mass is 10.1. The first-order valence-corrected chi connectivity index (χ1v) is 5.55. The van der Waals surface area contributed by atoms with Crippen LogP contribution in [0.4, 0.5) is 0 Å². The van der Waals surface area contributed by atoms with Crippen molar-refractivity contribution in [2.75, 3.05) is 0 Å². The number of ether oxygens (including phenoxy) is 1. The van der Waals surface area contributed by atoms with Gasteiger partial charge in [0.25, 0.3) is 0 Å². The predicted molar refractivity (Wildman–Crippen MR) is 63.5 cm³/mol. The van der Waals surface area contributed by atoms with Crippen LogP contribution in [0.1, 0.15) is 40.5 Å². The number of carboxylic acid groups (broad SMARTS) is 1. The van der Waals surface area contributed by atoms with Crippen LogP contribution < -0.4 is 0 Å². The molecule has 0 amide bonds. The number of aliphatic carboxylic acids is 1. The molecule has 17 heavy (non-hydrogen) atoms. The molecule has 1 rings (SSSR count). The van der Waals surface area contributed by atoms with Gasteiger partial charge >= 0.3 is 11.9 Å². The lowest BCUT2D eigenvalue weighted by Gasteiger charge is -2.19. The van der Waals surface area contributed by atoms with Gasteiger partial charge in [-0.3, -0.25) is 4.79 Å². The van der Waals surface area contributed by atoms with Gasteiger partial charge < -0.3 is 9.84 Å². The van der Waals surface area contributed by atoms with Crippen molar-refractivity contribution in [2.24, 2.45) is 0 Å². The fourth-order valence-electron chi connectivity index (χ4n) is 1.71.